The van der Waals surface area contributed by atoms with Crippen molar-refractivity contribution in [2.45, 2.75) is 25.4 Å². The molecule has 0 aromatic heterocycles. The molecule has 146 valence electrons. The molecule has 0 radical (unpaired) electrons. The smallest absolute Gasteiger partial charge is 0.251 e. The Bertz CT molecular complexity index is 858. The van der Waals surface area contributed by atoms with Crippen LogP contribution in [0.1, 0.15) is 39.1 Å². The lowest BCUT2D eigenvalue weighted by Gasteiger charge is -2.16. The van der Waals surface area contributed by atoms with Gasteiger partial charge in [-0.15, -0.1) is 0 Å². The van der Waals surface area contributed by atoms with Crippen molar-refractivity contribution in [2.75, 3.05) is 18.9 Å². The second-order valence-electron chi connectivity index (χ2n) is 7.11. The van der Waals surface area contributed by atoms with E-state index in [1.54, 1.807) is 36.4 Å². The molecule has 0 bridgehead atoms. The molecule has 4 N–H and O–H groups in total. The van der Waals surface area contributed by atoms with Crippen molar-refractivity contribution in [1.82, 2.24) is 10.2 Å². The van der Waals surface area contributed by atoms with E-state index in [9.17, 15) is 14.4 Å². The van der Waals surface area contributed by atoms with Crippen molar-refractivity contribution in [3.63, 3.8) is 0 Å². The molecule has 0 aliphatic heterocycles. The van der Waals surface area contributed by atoms with E-state index in [-0.39, 0.29) is 18.4 Å². The third-order valence-electron chi connectivity index (χ3n) is 4.45. The zero-order valence-electron chi connectivity index (χ0n) is 15.8. The largest absolute Gasteiger partial charge is 0.366 e. The van der Waals surface area contributed by atoms with Crippen molar-refractivity contribution >= 4 is 23.4 Å². The van der Waals surface area contributed by atoms with Gasteiger partial charge in [-0.2, -0.15) is 0 Å². The fourth-order valence-electron chi connectivity index (χ4n) is 2.79. The SMILES string of the molecule is CN(CC(=O)Nc1ccc(C(N)=O)cc1)Cc1ccc(C(=O)NC2CC2)cc1. The molecule has 7 heteroatoms. The van der Waals surface area contributed by atoms with Crippen LogP contribution in [-0.2, 0) is 11.3 Å². The van der Waals surface area contributed by atoms with Crippen LogP contribution in [0.25, 0.3) is 0 Å². The first-order valence-electron chi connectivity index (χ1n) is 9.19. The van der Waals surface area contributed by atoms with E-state index < -0.39 is 5.91 Å². The standard InChI is InChI=1S/C21H24N4O3/c1-25(13-19(26)23-17-8-6-15(7-9-17)20(22)27)12-14-2-4-16(5-3-14)21(28)24-18-10-11-18/h2-9,18H,10-13H2,1H3,(H2,22,27)(H,23,26)(H,24,28). The van der Waals surface area contributed by atoms with Gasteiger partial charge in [-0.05, 0) is 61.9 Å². The van der Waals surface area contributed by atoms with Crippen molar-refractivity contribution < 1.29 is 14.4 Å². The molecule has 1 fully saturated rings. The zero-order valence-corrected chi connectivity index (χ0v) is 15.8. The predicted molar refractivity (Wildman–Crippen MR) is 107 cm³/mol. The molecule has 0 unspecified atom stereocenters. The number of hydrogen-bond acceptors (Lipinski definition) is 4. The Kier molecular flexibility index (Phi) is 6.06. The molecule has 2 aromatic rings. The van der Waals surface area contributed by atoms with Crippen molar-refractivity contribution in [3.8, 4) is 0 Å². The molecule has 1 aliphatic carbocycles. The molecule has 7 nitrogen and oxygen atoms in total. The Hall–Kier alpha value is -3.19. The number of carbonyl (C=O) groups excluding carboxylic acids is 3. The molecule has 3 amide bonds. The number of hydrogen-bond donors (Lipinski definition) is 3. The average molecular weight is 380 g/mol. The maximum absolute atomic E-state index is 12.2. The maximum Gasteiger partial charge on any atom is 0.251 e. The second-order valence-corrected chi connectivity index (χ2v) is 7.11. The number of carbonyl (C=O) groups is 3. The monoisotopic (exact) mass is 380 g/mol. The minimum absolute atomic E-state index is 0.0378. The molecule has 3 rings (SSSR count). The fraction of sp³-hybridized carbons (Fsp3) is 0.286. The molecule has 2 aromatic carbocycles. The van der Waals surface area contributed by atoms with E-state index >= 15 is 0 Å². The highest BCUT2D eigenvalue weighted by molar-refractivity contribution is 5.95. The quantitative estimate of drug-likeness (QED) is 0.649. The number of primary amides is 1. The zero-order chi connectivity index (χ0) is 20.1. The third kappa shape index (κ3) is 5.65. The summed E-state index contributed by atoms with van der Waals surface area (Å²) in [6.07, 6.45) is 2.12. The van der Waals surface area contributed by atoms with E-state index in [1.807, 2.05) is 24.1 Å². The first kappa shape index (κ1) is 19.6. The number of nitrogens with two attached hydrogens (primary N) is 1. The second kappa shape index (κ2) is 8.67. The van der Waals surface area contributed by atoms with Crippen LogP contribution in [0.3, 0.4) is 0 Å². The summed E-state index contributed by atoms with van der Waals surface area (Å²) in [5.74, 6) is -0.701. The Morgan fingerprint density at radius 3 is 2.18 bits per heavy atom. The van der Waals surface area contributed by atoms with Crippen LogP contribution < -0.4 is 16.4 Å². The molecular weight excluding hydrogens is 356 g/mol. The van der Waals surface area contributed by atoms with Crippen molar-refractivity contribution in [2.24, 2.45) is 5.73 Å². The van der Waals surface area contributed by atoms with Gasteiger partial charge in [0.1, 0.15) is 0 Å². The normalized spacial score (nSPS) is 13.2. The number of rotatable bonds is 8. The van der Waals surface area contributed by atoms with Crippen LogP contribution in [-0.4, -0.2) is 42.3 Å². The number of amides is 3. The number of benzene rings is 2. The van der Waals surface area contributed by atoms with Crippen LogP contribution in [0.5, 0.6) is 0 Å². The lowest BCUT2D eigenvalue weighted by molar-refractivity contribution is -0.117. The highest BCUT2D eigenvalue weighted by Crippen LogP contribution is 2.19. The van der Waals surface area contributed by atoms with Gasteiger partial charge in [0.15, 0.2) is 0 Å². The van der Waals surface area contributed by atoms with Gasteiger partial charge in [-0.3, -0.25) is 19.3 Å². The molecule has 1 saturated carbocycles. The van der Waals surface area contributed by atoms with Gasteiger partial charge < -0.3 is 16.4 Å². The van der Waals surface area contributed by atoms with E-state index in [0.29, 0.717) is 29.4 Å². The summed E-state index contributed by atoms with van der Waals surface area (Å²) in [6.45, 7) is 0.792. The van der Waals surface area contributed by atoms with E-state index in [4.69, 9.17) is 5.73 Å². The molecule has 0 spiro atoms. The molecule has 0 saturated heterocycles. The highest BCUT2D eigenvalue weighted by atomic mass is 16.2. The van der Waals surface area contributed by atoms with Crippen LogP contribution in [0.4, 0.5) is 5.69 Å². The average Bonchev–Trinajstić information content (AvgIpc) is 3.46. The number of nitrogens with one attached hydrogen (secondary N) is 2. The van der Waals surface area contributed by atoms with Gasteiger partial charge in [0.05, 0.1) is 6.54 Å². The first-order valence-corrected chi connectivity index (χ1v) is 9.19. The van der Waals surface area contributed by atoms with Gasteiger partial charge in [-0.25, -0.2) is 0 Å². The lowest BCUT2D eigenvalue weighted by Crippen LogP contribution is -2.30. The number of likely N-dealkylation sites (N-methyl/N-ethyl adjacent to an activating group) is 1. The van der Waals surface area contributed by atoms with E-state index in [1.165, 1.54) is 0 Å². The molecule has 0 heterocycles. The van der Waals surface area contributed by atoms with E-state index in [2.05, 4.69) is 10.6 Å². The van der Waals surface area contributed by atoms with Crippen LogP contribution >= 0.6 is 0 Å². The summed E-state index contributed by atoms with van der Waals surface area (Å²) >= 11 is 0. The number of anilines is 1. The lowest BCUT2D eigenvalue weighted by atomic mass is 10.1. The minimum Gasteiger partial charge on any atom is -0.366 e. The van der Waals surface area contributed by atoms with Gasteiger partial charge in [0, 0.05) is 29.4 Å². The Labute approximate surface area is 163 Å². The summed E-state index contributed by atoms with van der Waals surface area (Å²) < 4.78 is 0. The topological polar surface area (TPSA) is 105 Å². The minimum atomic E-state index is -0.506. The summed E-state index contributed by atoms with van der Waals surface area (Å²) in [5, 5.41) is 5.75. The Morgan fingerprint density at radius 2 is 1.61 bits per heavy atom. The van der Waals surface area contributed by atoms with Gasteiger partial charge >= 0.3 is 0 Å². The summed E-state index contributed by atoms with van der Waals surface area (Å²) in [5.41, 5.74) is 7.86. The summed E-state index contributed by atoms with van der Waals surface area (Å²) in [7, 11) is 1.85. The Morgan fingerprint density at radius 1 is 1.00 bits per heavy atom. The van der Waals surface area contributed by atoms with Crippen molar-refractivity contribution in [3.05, 3.63) is 65.2 Å². The van der Waals surface area contributed by atoms with Gasteiger partial charge in [-0.1, -0.05) is 12.1 Å². The predicted octanol–water partition coefficient (Wildman–Crippen LogP) is 1.75. The van der Waals surface area contributed by atoms with Crippen molar-refractivity contribution in [1.29, 1.82) is 0 Å². The fourth-order valence-corrected chi connectivity index (χ4v) is 2.79. The Balaban J connectivity index is 1.47. The third-order valence-corrected chi connectivity index (χ3v) is 4.45. The molecule has 28 heavy (non-hydrogen) atoms. The highest BCUT2D eigenvalue weighted by Gasteiger charge is 2.23. The molecule has 1 aliphatic rings. The van der Waals surface area contributed by atoms with Gasteiger partial charge in [0.2, 0.25) is 11.8 Å². The molecule has 0 atom stereocenters. The first-order chi connectivity index (χ1) is 13.4. The van der Waals surface area contributed by atoms with Crippen LogP contribution in [0, 0.1) is 0 Å². The number of nitrogens with zero attached hydrogens (tertiary/aromatic N) is 1. The summed E-state index contributed by atoms with van der Waals surface area (Å²) in [4.78, 5) is 37.1. The van der Waals surface area contributed by atoms with Gasteiger partial charge in [0.25, 0.3) is 5.91 Å². The van der Waals surface area contributed by atoms with E-state index in [0.717, 1.165) is 18.4 Å². The molecular formula is C21H24N4O3. The maximum atomic E-state index is 12.2. The van der Waals surface area contributed by atoms with Crippen LogP contribution in [0.2, 0.25) is 0 Å². The van der Waals surface area contributed by atoms with Crippen LogP contribution in [0.15, 0.2) is 48.5 Å². The summed E-state index contributed by atoms with van der Waals surface area (Å²) in [6, 6.07) is 14.2.